The number of hydrogen-bond donors (Lipinski definition) is 0. The second kappa shape index (κ2) is 11.6. The van der Waals surface area contributed by atoms with E-state index in [-0.39, 0.29) is 0 Å². The molecule has 45 heavy (non-hydrogen) atoms. The van der Waals surface area contributed by atoms with Crippen molar-refractivity contribution in [3.05, 3.63) is 188 Å². The molecule has 8 aromatic carbocycles. The smallest absolute Gasteiger partial charge is 0.0624 e. The number of benzene rings is 8. The molecule has 0 atom stereocenters. The Morgan fingerprint density at radius 1 is 0.267 bits per heavy atom. The topological polar surface area (TPSA) is 3.24 Å². The average molecular weight is 574 g/mol. The Balaban J connectivity index is 1.45. The van der Waals surface area contributed by atoms with Gasteiger partial charge in [-0.05, 0) is 68.2 Å². The van der Waals surface area contributed by atoms with Crippen molar-refractivity contribution in [1.82, 2.24) is 0 Å². The Bertz CT molecular complexity index is 2240. The lowest BCUT2D eigenvalue weighted by Crippen LogP contribution is -2.12. The normalized spacial score (nSPS) is 11.1. The first kappa shape index (κ1) is 26.7. The molecule has 0 fully saturated rings. The molecule has 0 saturated heterocycles. The molecular formula is C44H31N. The Hall–Kier alpha value is -5.92. The van der Waals surface area contributed by atoms with Crippen molar-refractivity contribution in [2.45, 2.75) is 0 Å². The van der Waals surface area contributed by atoms with Gasteiger partial charge in [-0.1, -0.05) is 164 Å². The van der Waals surface area contributed by atoms with Gasteiger partial charge in [-0.3, -0.25) is 0 Å². The van der Waals surface area contributed by atoms with E-state index in [1.807, 2.05) is 0 Å². The van der Waals surface area contributed by atoms with Gasteiger partial charge in [0.1, 0.15) is 0 Å². The highest BCUT2D eigenvalue weighted by molar-refractivity contribution is 6.22. The predicted octanol–water partition coefficient (Wildman–Crippen LogP) is 12.5. The molecule has 0 amide bonds. The van der Waals surface area contributed by atoms with E-state index in [0.29, 0.717) is 0 Å². The lowest BCUT2D eigenvalue weighted by molar-refractivity contribution is 1.30. The summed E-state index contributed by atoms with van der Waals surface area (Å²) >= 11 is 0. The molecule has 0 aromatic heterocycles. The molecule has 0 N–H and O–H groups in total. The van der Waals surface area contributed by atoms with Gasteiger partial charge in [-0.15, -0.1) is 0 Å². The van der Waals surface area contributed by atoms with E-state index in [1.165, 1.54) is 60.6 Å². The number of fused-ring (bicyclic) bond motifs is 3. The van der Waals surface area contributed by atoms with Crippen LogP contribution in [-0.2, 0) is 0 Å². The van der Waals surface area contributed by atoms with Crippen LogP contribution in [0.2, 0.25) is 0 Å². The van der Waals surface area contributed by atoms with Gasteiger partial charge >= 0.3 is 0 Å². The maximum absolute atomic E-state index is 2.46. The predicted molar refractivity (Wildman–Crippen MR) is 192 cm³/mol. The number of nitrogens with zero attached hydrogens (tertiary/aromatic N) is 1. The molecule has 0 aliphatic rings. The standard InChI is InChI=1S/C44H31N/c1-4-15-32(16-5-1)34-27-29-37(30-28-34)45(38-22-14-21-36(31-38)33-17-6-2-7-18-33)44-42-26-13-11-24-40(42)39-23-10-12-25-41(39)43(44)35-19-8-3-9-20-35/h1-31H. The van der Waals surface area contributed by atoms with Crippen LogP contribution in [0.25, 0.3) is 54.9 Å². The minimum absolute atomic E-state index is 1.11. The van der Waals surface area contributed by atoms with Crippen LogP contribution in [0.5, 0.6) is 0 Å². The second-order valence-electron chi connectivity index (χ2n) is 11.3. The fourth-order valence-electron chi connectivity index (χ4n) is 6.55. The van der Waals surface area contributed by atoms with Gasteiger partial charge in [0.05, 0.1) is 5.69 Å². The lowest BCUT2D eigenvalue weighted by Gasteiger charge is -2.31. The van der Waals surface area contributed by atoms with E-state index in [4.69, 9.17) is 0 Å². The summed E-state index contributed by atoms with van der Waals surface area (Å²) < 4.78 is 0. The molecular weight excluding hydrogens is 542 g/mol. The number of anilines is 3. The Morgan fingerprint density at radius 2 is 0.711 bits per heavy atom. The third kappa shape index (κ3) is 4.95. The zero-order valence-corrected chi connectivity index (χ0v) is 24.8. The second-order valence-corrected chi connectivity index (χ2v) is 11.3. The molecule has 8 aromatic rings. The molecule has 0 bridgehead atoms. The van der Waals surface area contributed by atoms with Crippen LogP contribution in [0, 0.1) is 0 Å². The van der Waals surface area contributed by atoms with Gasteiger partial charge in [0.2, 0.25) is 0 Å². The molecule has 0 aliphatic heterocycles. The van der Waals surface area contributed by atoms with Gasteiger partial charge in [0, 0.05) is 22.3 Å². The largest absolute Gasteiger partial charge is 0.309 e. The summed E-state index contributed by atoms with van der Waals surface area (Å²) in [6.45, 7) is 0. The molecule has 0 aliphatic carbocycles. The zero-order chi connectivity index (χ0) is 30.0. The third-order valence-corrected chi connectivity index (χ3v) is 8.64. The summed E-state index contributed by atoms with van der Waals surface area (Å²) in [6, 6.07) is 67.6. The van der Waals surface area contributed by atoms with Crippen LogP contribution in [0.3, 0.4) is 0 Å². The van der Waals surface area contributed by atoms with E-state index < -0.39 is 0 Å². The average Bonchev–Trinajstić information content (AvgIpc) is 3.13. The molecule has 8 rings (SSSR count). The summed E-state index contributed by atoms with van der Waals surface area (Å²) in [5.41, 5.74) is 10.6. The maximum Gasteiger partial charge on any atom is 0.0624 e. The number of hydrogen-bond acceptors (Lipinski definition) is 1. The van der Waals surface area contributed by atoms with Gasteiger partial charge in [-0.2, -0.15) is 0 Å². The van der Waals surface area contributed by atoms with Crippen molar-refractivity contribution < 1.29 is 0 Å². The molecule has 0 heterocycles. The fourth-order valence-corrected chi connectivity index (χ4v) is 6.55. The van der Waals surface area contributed by atoms with E-state index >= 15 is 0 Å². The van der Waals surface area contributed by atoms with Gasteiger partial charge in [-0.25, -0.2) is 0 Å². The molecule has 1 heteroatoms. The van der Waals surface area contributed by atoms with Gasteiger partial charge in [0.25, 0.3) is 0 Å². The van der Waals surface area contributed by atoms with E-state index in [9.17, 15) is 0 Å². The van der Waals surface area contributed by atoms with Crippen LogP contribution < -0.4 is 4.90 Å². The molecule has 0 spiro atoms. The minimum Gasteiger partial charge on any atom is -0.309 e. The maximum atomic E-state index is 2.46. The van der Waals surface area contributed by atoms with E-state index in [1.54, 1.807) is 0 Å². The van der Waals surface area contributed by atoms with Crippen LogP contribution in [0.15, 0.2) is 188 Å². The Labute approximate surface area is 264 Å². The first-order valence-corrected chi connectivity index (χ1v) is 15.5. The number of rotatable bonds is 6. The van der Waals surface area contributed by atoms with Crippen molar-refractivity contribution in [3.8, 4) is 33.4 Å². The SMILES string of the molecule is c1ccc(-c2ccc(N(c3cccc(-c4ccccc4)c3)c3c(-c4ccccc4)c4ccccc4c4ccccc34)cc2)cc1. The highest BCUT2D eigenvalue weighted by Gasteiger charge is 2.23. The summed E-state index contributed by atoms with van der Waals surface area (Å²) in [5.74, 6) is 0. The molecule has 0 saturated carbocycles. The van der Waals surface area contributed by atoms with Crippen LogP contribution in [0.1, 0.15) is 0 Å². The van der Waals surface area contributed by atoms with Gasteiger partial charge in [0.15, 0.2) is 0 Å². The molecule has 1 nitrogen and oxygen atoms in total. The highest BCUT2D eigenvalue weighted by Crippen LogP contribution is 2.49. The van der Waals surface area contributed by atoms with Crippen molar-refractivity contribution in [2.75, 3.05) is 4.90 Å². The minimum atomic E-state index is 1.11. The first-order valence-electron chi connectivity index (χ1n) is 15.5. The highest BCUT2D eigenvalue weighted by atomic mass is 15.1. The molecule has 0 unspecified atom stereocenters. The summed E-state index contributed by atoms with van der Waals surface area (Å²) in [7, 11) is 0. The van der Waals surface area contributed by atoms with Crippen molar-refractivity contribution in [3.63, 3.8) is 0 Å². The van der Waals surface area contributed by atoms with Crippen molar-refractivity contribution in [2.24, 2.45) is 0 Å². The van der Waals surface area contributed by atoms with Gasteiger partial charge < -0.3 is 4.90 Å². The van der Waals surface area contributed by atoms with Crippen LogP contribution >= 0.6 is 0 Å². The van der Waals surface area contributed by atoms with Crippen molar-refractivity contribution in [1.29, 1.82) is 0 Å². The Kier molecular flexibility index (Phi) is 6.90. The van der Waals surface area contributed by atoms with Crippen LogP contribution in [-0.4, -0.2) is 0 Å². The first-order chi connectivity index (χ1) is 22.3. The van der Waals surface area contributed by atoms with E-state index in [0.717, 1.165) is 11.4 Å². The lowest BCUT2D eigenvalue weighted by atomic mass is 9.90. The van der Waals surface area contributed by atoms with E-state index in [2.05, 4.69) is 193 Å². The quantitative estimate of drug-likeness (QED) is 0.179. The summed E-state index contributed by atoms with van der Waals surface area (Å²) in [6.07, 6.45) is 0. The summed E-state index contributed by atoms with van der Waals surface area (Å²) in [4.78, 5) is 2.46. The Morgan fingerprint density at radius 3 is 1.33 bits per heavy atom. The molecule has 0 radical (unpaired) electrons. The monoisotopic (exact) mass is 573 g/mol. The zero-order valence-electron chi connectivity index (χ0n) is 24.8. The third-order valence-electron chi connectivity index (χ3n) is 8.64. The summed E-state index contributed by atoms with van der Waals surface area (Å²) in [5, 5.41) is 4.95. The molecule has 212 valence electrons. The fraction of sp³-hybridized carbons (Fsp3) is 0. The van der Waals surface area contributed by atoms with Crippen molar-refractivity contribution >= 4 is 38.6 Å². The van der Waals surface area contributed by atoms with Crippen LogP contribution in [0.4, 0.5) is 17.1 Å².